The van der Waals surface area contributed by atoms with Crippen molar-refractivity contribution in [1.82, 2.24) is 9.55 Å². The maximum absolute atomic E-state index is 6.17. The van der Waals surface area contributed by atoms with Crippen LogP contribution in [0, 0.1) is 0 Å². The minimum atomic E-state index is -0.114. The van der Waals surface area contributed by atoms with Crippen LogP contribution in [-0.2, 0) is 13.0 Å². The number of aromatic nitrogens is 2. The lowest BCUT2D eigenvalue weighted by Crippen LogP contribution is -2.16. The first-order chi connectivity index (χ1) is 8.22. The summed E-state index contributed by atoms with van der Waals surface area (Å²) in [4.78, 5) is 4.32. The van der Waals surface area contributed by atoms with E-state index in [0.717, 1.165) is 23.0 Å². The Morgan fingerprint density at radius 1 is 1.41 bits per heavy atom. The maximum Gasteiger partial charge on any atom is 0.110 e. The second kappa shape index (κ2) is 5.34. The summed E-state index contributed by atoms with van der Waals surface area (Å²) in [5.41, 5.74) is 7.14. The van der Waals surface area contributed by atoms with Gasteiger partial charge in [0.25, 0.3) is 0 Å². The van der Waals surface area contributed by atoms with Crippen LogP contribution < -0.4 is 5.73 Å². The number of hydrogen-bond acceptors (Lipinski definition) is 2. The number of halogens is 1. The van der Waals surface area contributed by atoms with E-state index in [0.29, 0.717) is 6.42 Å². The van der Waals surface area contributed by atoms with Crippen LogP contribution in [0.3, 0.4) is 0 Å². The molecule has 4 heteroatoms. The SMILES string of the molecule is CCn1ccnc1CC(N)c1ccccc1Cl. The minimum Gasteiger partial charge on any atom is -0.335 e. The number of rotatable bonds is 4. The number of imidazole rings is 1. The molecule has 0 spiro atoms. The molecule has 17 heavy (non-hydrogen) atoms. The molecule has 2 aromatic rings. The zero-order valence-electron chi connectivity index (χ0n) is 9.81. The van der Waals surface area contributed by atoms with Crippen molar-refractivity contribution in [2.75, 3.05) is 0 Å². The fourth-order valence-electron chi connectivity index (χ4n) is 1.90. The summed E-state index contributed by atoms with van der Waals surface area (Å²) in [5, 5.41) is 0.717. The second-order valence-corrected chi connectivity index (χ2v) is 4.37. The summed E-state index contributed by atoms with van der Waals surface area (Å²) in [6, 6.07) is 7.57. The van der Waals surface area contributed by atoms with E-state index in [1.54, 1.807) is 6.20 Å². The summed E-state index contributed by atoms with van der Waals surface area (Å²) >= 11 is 6.13. The Hall–Kier alpha value is -1.32. The Kier molecular flexibility index (Phi) is 3.82. The number of nitrogens with zero attached hydrogens (tertiary/aromatic N) is 2. The summed E-state index contributed by atoms with van der Waals surface area (Å²) in [6.07, 6.45) is 4.47. The molecule has 1 aromatic carbocycles. The van der Waals surface area contributed by atoms with E-state index in [1.807, 2.05) is 30.5 Å². The highest BCUT2D eigenvalue weighted by atomic mass is 35.5. The summed E-state index contributed by atoms with van der Waals surface area (Å²) in [6.45, 7) is 3.00. The van der Waals surface area contributed by atoms with Crippen LogP contribution in [0.15, 0.2) is 36.7 Å². The van der Waals surface area contributed by atoms with Gasteiger partial charge in [-0.3, -0.25) is 0 Å². The highest BCUT2D eigenvalue weighted by Crippen LogP contribution is 2.23. The first kappa shape index (κ1) is 12.1. The van der Waals surface area contributed by atoms with E-state index in [1.165, 1.54) is 0 Å². The minimum absolute atomic E-state index is 0.114. The van der Waals surface area contributed by atoms with Crippen molar-refractivity contribution >= 4 is 11.6 Å². The van der Waals surface area contributed by atoms with Gasteiger partial charge in [0.2, 0.25) is 0 Å². The third-order valence-corrected chi connectivity index (χ3v) is 3.19. The molecule has 2 rings (SSSR count). The Bertz CT molecular complexity index is 493. The quantitative estimate of drug-likeness (QED) is 0.906. The van der Waals surface area contributed by atoms with Gasteiger partial charge in [0.15, 0.2) is 0 Å². The number of nitrogens with two attached hydrogens (primary N) is 1. The molecular weight excluding hydrogens is 234 g/mol. The van der Waals surface area contributed by atoms with Gasteiger partial charge in [-0.1, -0.05) is 29.8 Å². The van der Waals surface area contributed by atoms with E-state index in [4.69, 9.17) is 17.3 Å². The van der Waals surface area contributed by atoms with Crippen LogP contribution in [0.4, 0.5) is 0 Å². The van der Waals surface area contributed by atoms with Crippen LogP contribution in [-0.4, -0.2) is 9.55 Å². The predicted octanol–water partition coefficient (Wildman–Crippen LogP) is 2.80. The summed E-state index contributed by atoms with van der Waals surface area (Å²) in [5.74, 6) is 1.000. The van der Waals surface area contributed by atoms with Gasteiger partial charge in [-0.05, 0) is 18.6 Å². The topological polar surface area (TPSA) is 43.8 Å². The molecule has 0 amide bonds. The number of benzene rings is 1. The van der Waals surface area contributed by atoms with E-state index in [-0.39, 0.29) is 6.04 Å². The standard InChI is InChI=1S/C13H16ClN3/c1-2-17-8-7-16-13(17)9-12(15)10-5-3-4-6-11(10)14/h3-8,12H,2,9,15H2,1H3. The predicted molar refractivity (Wildman–Crippen MR) is 70.0 cm³/mol. The molecule has 3 nitrogen and oxygen atoms in total. The zero-order valence-corrected chi connectivity index (χ0v) is 10.6. The smallest absolute Gasteiger partial charge is 0.110 e. The van der Waals surface area contributed by atoms with Crippen molar-refractivity contribution < 1.29 is 0 Å². The third kappa shape index (κ3) is 2.68. The monoisotopic (exact) mass is 249 g/mol. The largest absolute Gasteiger partial charge is 0.335 e. The molecule has 1 heterocycles. The lowest BCUT2D eigenvalue weighted by molar-refractivity contribution is 0.628. The van der Waals surface area contributed by atoms with Crippen LogP contribution >= 0.6 is 11.6 Å². The normalized spacial score (nSPS) is 12.6. The van der Waals surface area contributed by atoms with Crippen LogP contribution in [0.5, 0.6) is 0 Å². The molecule has 0 aliphatic carbocycles. The lowest BCUT2D eigenvalue weighted by Gasteiger charge is -2.14. The Labute approximate surface area is 106 Å². The third-order valence-electron chi connectivity index (χ3n) is 2.85. The van der Waals surface area contributed by atoms with E-state index in [2.05, 4.69) is 16.5 Å². The first-order valence-electron chi connectivity index (χ1n) is 5.72. The molecular formula is C13H16ClN3. The van der Waals surface area contributed by atoms with Crippen molar-refractivity contribution in [3.05, 3.63) is 53.1 Å². The van der Waals surface area contributed by atoms with Gasteiger partial charge in [-0.25, -0.2) is 4.98 Å². The molecule has 2 N–H and O–H groups in total. The molecule has 0 aliphatic rings. The maximum atomic E-state index is 6.17. The Morgan fingerprint density at radius 3 is 2.88 bits per heavy atom. The van der Waals surface area contributed by atoms with E-state index in [9.17, 15) is 0 Å². The fourth-order valence-corrected chi connectivity index (χ4v) is 2.18. The first-order valence-corrected chi connectivity index (χ1v) is 6.10. The molecule has 1 aromatic heterocycles. The number of aryl methyl sites for hydroxylation is 1. The lowest BCUT2D eigenvalue weighted by atomic mass is 10.0. The molecule has 1 atom stereocenters. The van der Waals surface area contributed by atoms with Crippen molar-refractivity contribution in [3.63, 3.8) is 0 Å². The summed E-state index contributed by atoms with van der Waals surface area (Å²) < 4.78 is 2.09. The highest BCUT2D eigenvalue weighted by Gasteiger charge is 2.13. The van der Waals surface area contributed by atoms with E-state index < -0.39 is 0 Å². The zero-order chi connectivity index (χ0) is 12.3. The molecule has 0 saturated heterocycles. The molecule has 0 fully saturated rings. The van der Waals surface area contributed by atoms with Gasteiger partial charge in [-0.2, -0.15) is 0 Å². The van der Waals surface area contributed by atoms with Crippen LogP contribution in [0.2, 0.25) is 5.02 Å². The van der Waals surface area contributed by atoms with Gasteiger partial charge in [-0.15, -0.1) is 0 Å². The summed E-state index contributed by atoms with van der Waals surface area (Å²) in [7, 11) is 0. The molecule has 90 valence electrons. The Balaban J connectivity index is 2.17. The van der Waals surface area contributed by atoms with E-state index >= 15 is 0 Å². The van der Waals surface area contributed by atoms with Crippen LogP contribution in [0.1, 0.15) is 24.4 Å². The van der Waals surface area contributed by atoms with Gasteiger partial charge in [0, 0.05) is 36.4 Å². The van der Waals surface area contributed by atoms with Crippen molar-refractivity contribution in [2.24, 2.45) is 5.73 Å². The second-order valence-electron chi connectivity index (χ2n) is 3.96. The van der Waals surface area contributed by atoms with Gasteiger partial charge in [0.1, 0.15) is 5.82 Å². The van der Waals surface area contributed by atoms with Crippen molar-refractivity contribution in [3.8, 4) is 0 Å². The molecule has 1 unspecified atom stereocenters. The number of hydrogen-bond donors (Lipinski definition) is 1. The van der Waals surface area contributed by atoms with Gasteiger partial charge < -0.3 is 10.3 Å². The van der Waals surface area contributed by atoms with Crippen LogP contribution in [0.25, 0.3) is 0 Å². The molecule has 0 saturated carbocycles. The van der Waals surface area contributed by atoms with Gasteiger partial charge in [0.05, 0.1) is 0 Å². The highest BCUT2D eigenvalue weighted by molar-refractivity contribution is 6.31. The average molecular weight is 250 g/mol. The molecule has 0 radical (unpaired) electrons. The average Bonchev–Trinajstić information content (AvgIpc) is 2.76. The van der Waals surface area contributed by atoms with Crippen molar-refractivity contribution in [1.29, 1.82) is 0 Å². The fraction of sp³-hybridized carbons (Fsp3) is 0.308. The Morgan fingerprint density at radius 2 is 2.18 bits per heavy atom. The van der Waals surface area contributed by atoms with Gasteiger partial charge >= 0.3 is 0 Å². The molecule has 0 bridgehead atoms. The van der Waals surface area contributed by atoms with Crippen molar-refractivity contribution in [2.45, 2.75) is 25.9 Å². The molecule has 0 aliphatic heterocycles.